The zero-order chi connectivity index (χ0) is 12.5. The lowest BCUT2D eigenvalue weighted by molar-refractivity contribution is -0.134. The summed E-state index contributed by atoms with van der Waals surface area (Å²) in [6.07, 6.45) is 1.39. The van der Waals surface area contributed by atoms with Crippen molar-refractivity contribution in [3.05, 3.63) is 21.9 Å². The van der Waals surface area contributed by atoms with Crippen molar-refractivity contribution in [1.82, 2.24) is 5.32 Å². The highest BCUT2D eigenvalue weighted by Gasteiger charge is 2.48. The van der Waals surface area contributed by atoms with E-state index in [0.29, 0.717) is 25.3 Å². The van der Waals surface area contributed by atoms with E-state index in [0.717, 1.165) is 0 Å². The predicted octanol–water partition coefficient (Wildman–Crippen LogP) is 2.61. The van der Waals surface area contributed by atoms with Crippen molar-refractivity contribution in [1.29, 1.82) is 5.26 Å². The minimum atomic E-state index is -0.759. The predicted molar refractivity (Wildman–Crippen MR) is 67.3 cm³/mol. The van der Waals surface area contributed by atoms with Crippen LogP contribution in [-0.2, 0) is 11.3 Å². The summed E-state index contributed by atoms with van der Waals surface area (Å²) in [6.45, 7) is 4.65. The van der Waals surface area contributed by atoms with E-state index in [1.54, 1.807) is 11.3 Å². The first-order valence-corrected chi connectivity index (χ1v) is 6.68. The minimum Gasteiger partial charge on any atom is -0.350 e. The quantitative estimate of drug-likeness (QED) is 0.894. The van der Waals surface area contributed by atoms with Crippen LogP contribution in [0.2, 0.25) is 0 Å². The van der Waals surface area contributed by atoms with Gasteiger partial charge in [0.1, 0.15) is 5.41 Å². The number of carbonyl (C=O) groups is 1. The fourth-order valence-corrected chi connectivity index (χ4v) is 3.22. The van der Waals surface area contributed by atoms with Gasteiger partial charge in [0.25, 0.3) is 0 Å². The molecule has 0 aromatic carbocycles. The van der Waals surface area contributed by atoms with Gasteiger partial charge in [-0.05, 0) is 42.7 Å². The van der Waals surface area contributed by atoms with Crippen LogP contribution in [0, 0.1) is 29.6 Å². The molecular weight excluding hydrogens is 232 g/mol. The van der Waals surface area contributed by atoms with Gasteiger partial charge in [-0.15, -0.1) is 11.3 Å². The van der Waals surface area contributed by atoms with Gasteiger partial charge in [0.2, 0.25) is 5.91 Å². The van der Waals surface area contributed by atoms with E-state index in [4.69, 9.17) is 5.26 Å². The SMILES string of the molecule is Cc1ccsc1CNC(=O)C1(C#N)CC(C)C1. The summed E-state index contributed by atoms with van der Waals surface area (Å²) in [5.74, 6) is 0.384. The standard InChI is InChI=1S/C13H16N2OS/c1-9-5-13(6-9,8-14)12(16)15-7-11-10(2)3-4-17-11/h3-4,9H,5-7H2,1-2H3,(H,15,16). The zero-order valence-electron chi connectivity index (χ0n) is 10.1. The average molecular weight is 248 g/mol. The zero-order valence-corrected chi connectivity index (χ0v) is 10.9. The van der Waals surface area contributed by atoms with Crippen LogP contribution in [0.4, 0.5) is 0 Å². The second kappa shape index (κ2) is 4.50. The Bertz CT molecular complexity index is 466. The van der Waals surface area contributed by atoms with Crippen LogP contribution in [0.3, 0.4) is 0 Å². The first-order valence-electron chi connectivity index (χ1n) is 5.80. The van der Waals surface area contributed by atoms with Gasteiger partial charge >= 0.3 is 0 Å². The number of thiophene rings is 1. The minimum absolute atomic E-state index is 0.106. The normalized spacial score (nSPS) is 27.0. The third kappa shape index (κ3) is 2.20. The number of aryl methyl sites for hydroxylation is 1. The summed E-state index contributed by atoms with van der Waals surface area (Å²) in [6, 6.07) is 4.22. The fraction of sp³-hybridized carbons (Fsp3) is 0.538. The molecule has 0 bridgehead atoms. The average Bonchev–Trinajstić information content (AvgIpc) is 2.67. The number of hydrogen-bond donors (Lipinski definition) is 1. The maximum atomic E-state index is 12.0. The Hall–Kier alpha value is -1.34. The van der Waals surface area contributed by atoms with E-state index in [2.05, 4.69) is 18.3 Å². The van der Waals surface area contributed by atoms with Crippen molar-refractivity contribution < 1.29 is 4.79 Å². The first-order chi connectivity index (χ1) is 8.07. The van der Waals surface area contributed by atoms with Gasteiger partial charge in [0.05, 0.1) is 12.6 Å². The first kappa shape index (κ1) is 12.1. The molecule has 3 nitrogen and oxygen atoms in total. The number of rotatable bonds is 3. The van der Waals surface area contributed by atoms with Crippen molar-refractivity contribution in [2.24, 2.45) is 11.3 Å². The Balaban J connectivity index is 1.94. The molecular formula is C13H16N2OS. The molecule has 17 heavy (non-hydrogen) atoms. The van der Waals surface area contributed by atoms with Crippen molar-refractivity contribution >= 4 is 17.2 Å². The maximum absolute atomic E-state index is 12.0. The lowest BCUT2D eigenvalue weighted by atomic mass is 9.63. The molecule has 1 aliphatic rings. The van der Waals surface area contributed by atoms with E-state index >= 15 is 0 Å². The van der Waals surface area contributed by atoms with E-state index in [1.165, 1.54) is 10.4 Å². The van der Waals surface area contributed by atoms with Gasteiger partial charge in [-0.25, -0.2) is 0 Å². The lowest BCUT2D eigenvalue weighted by Crippen LogP contribution is -2.47. The molecule has 0 unspecified atom stereocenters. The van der Waals surface area contributed by atoms with Crippen LogP contribution < -0.4 is 5.32 Å². The number of amides is 1. The Morgan fingerprint density at radius 3 is 2.88 bits per heavy atom. The Morgan fingerprint density at radius 2 is 2.41 bits per heavy atom. The van der Waals surface area contributed by atoms with Crippen LogP contribution in [0.1, 0.15) is 30.2 Å². The molecule has 1 aromatic rings. The molecule has 1 saturated carbocycles. The number of hydrogen-bond acceptors (Lipinski definition) is 3. The summed E-state index contributed by atoms with van der Waals surface area (Å²) in [4.78, 5) is 13.2. The highest BCUT2D eigenvalue weighted by atomic mass is 32.1. The molecule has 0 aliphatic heterocycles. The number of nitriles is 1. The molecule has 90 valence electrons. The molecule has 4 heteroatoms. The van der Waals surface area contributed by atoms with E-state index in [1.807, 2.05) is 18.4 Å². The molecule has 1 aromatic heterocycles. The van der Waals surface area contributed by atoms with Crippen LogP contribution in [-0.4, -0.2) is 5.91 Å². The number of carbonyl (C=O) groups excluding carboxylic acids is 1. The van der Waals surface area contributed by atoms with Gasteiger partial charge < -0.3 is 5.32 Å². The summed E-state index contributed by atoms with van der Waals surface area (Å²) in [5.41, 5.74) is 0.438. The van der Waals surface area contributed by atoms with E-state index in [-0.39, 0.29) is 5.91 Å². The third-order valence-corrected chi connectivity index (χ3v) is 4.44. The van der Waals surface area contributed by atoms with Crippen molar-refractivity contribution in [2.45, 2.75) is 33.2 Å². The summed E-state index contributed by atoms with van der Waals surface area (Å²) in [5, 5.41) is 14.0. The van der Waals surface area contributed by atoms with Crippen molar-refractivity contribution in [3.63, 3.8) is 0 Å². The molecule has 1 N–H and O–H groups in total. The van der Waals surface area contributed by atoms with Gasteiger partial charge in [-0.3, -0.25) is 4.79 Å². The molecule has 1 aliphatic carbocycles. The largest absolute Gasteiger partial charge is 0.350 e. The molecule has 0 saturated heterocycles. The maximum Gasteiger partial charge on any atom is 0.240 e. The summed E-state index contributed by atoms with van der Waals surface area (Å²) < 4.78 is 0. The van der Waals surface area contributed by atoms with Crippen LogP contribution in [0.25, 0.3) is 0 Å². The van der Waals surface area contributed by atoms with Crippen molar-refractivity contribution in [3.8, 4) is 6.07 Å². The number of nitrogens with zero attached hydrogens (tertiary/aromatic N) is 1. The summed E-state index contributed by atoms with van der Waals surface area (Å²) >= 11 is 1.64. The Labute approximate surface area is 105 Å². The van der Waals surface area contributed by atoms with E-state index < -0.39 is 5.41 Å². The third-order valence-electron chi connectivity index (χ3n) is 3.42. The second-order valence-electron chi connectivity index (χ2n) is 4.92. The molecule has 0 atom stereocenters. The second-order valence-corrected chi connectivity index (χ2v) is 5.92. The van der Waals surface area contributed by atoms with Gasteiger partial charge in [0.15, 0.2) is 0 Å². The molecule has 1 amide bonds. The highest BCUT2D eigenvalue weighted by molar-refractivity contribution is 7.10. The molecule has 0 radical (unpaired) electrons. The van der Waals surface area contributed by atoms with E-state index in [9.17, 15) is 4.79 Å². The van der Waals surface area contributed by atoms with Crippen LogP contribution in [0.15, 0.2) is 11.4 Å². The fourth-order valence-electron chi connectivity index (χ4n) is 2.37. The topological polar surface area (TPSA) is 52.9 Å². The van der Waals surface area contributed by atoms with Gasteiger partial charge in [0, 0.05) is 4.88 Å². The highest BCUT2D eigenvalue weighted by Crippen LogP contribution is 2.45. The lowest BCUT2D eigenvalue weighted by Gasteiger charge is -2.39. The Kier molecular flexibility index (Phi) is 3.21. The van der Waals surface area contributed by atoms with Crippen LogP contribution in [0.5, 0.6) is 0 Å². The van der Waals surface area contributed by atoms with Gasteiger partial charge in [-0.1, -0.05) is 6.92 Å². The summed E-state index contributed by atoms with van der Waals surface area (Å²) in [7, 11) is 0. The van der Waals surface area contributed by atoms with Gasteiger partial charge in [-0.2, -0.15) is 5.26 Å². The van der Waals surface area contributed by atoms with Crippen LogP contribution >= 0.6 is 11.3 Å². The molecule has 1 heterocycles. The Morgan fingerprint density at radius 1 is 1.71 bits per heavy atom. The molecule has 0 spiro atoms. The smallest absolute Gasteiger partial charge is 0.240 e. The number of nitrogens with one attached hydrogen (secondary N) is 1. The monoisotopic (exact) mass is 248 g/mol. The molecule has 1 fully saturated rings. The molecule has 2 rings (SSSR count). The van der Waals surface area contributed by atoms with Crippen molar-refractivity contribution in [2.75, 3.05) is 0 Å².